The van der Waals surface area contributed by atoms with E-state index in [1.165, 1.54) is 12.1 Å². The summed E-state index contributed by atoms with van der Waals surface area (Å²) in [4.78, 5) is 9.10. The van der Waals surface area contributed by atoms with Crippen molar-refractivity contribution in [3.05, 3.63) is 76.4 Å². The minimum absolute atomic E-state index is 0.0350. The number of hydrogen-bond donors (Lipinski definition) is 0. The van der Waals surface area contributed by atoms with E-state index in [0.29, 0.717) is 16.9 Å². The maximum Gasteiger partial charge on any atom is 0.250 e. The van der Waals surface area contributed by atoms with Crippen LogP contribution in [0.1, 0.15) is 0 Å². The molecule has 0 unspecified atom stereocenters. The predicted octanol–water partition coefficient (Wildman–Crippen LogP) is 3.40. The fourth-order valence-electron chi connectivity index (χ4n) is 2.56. The Kier molecular flexibility index (Phi) is 4.40. The Morgan fingerprint density at radius 1 is 1.04 bits per heavy atom. The van der Waals surface area contributed by atoms with Crippen LogP contribution in [0.25, 0.3) is 21.6 Å². The number of aromatic nitrogens is 4. The van der Waals surface area contributed by atoms with Crippen LogP contribution in [0.3, 0.4) is 0 Å². The second-order valence-electron chi connectivity index (χ2n) is 5.87. The number of para-hydroxylation sites is 2. The summed E-state index contributed by atoms with van der Waals surface area (Å²) >= 11 is 3.30. The van der Waals surface area contributed by atoms with Crippen LogP contribution >= 0.6 is 15.9 Å². The highest BCUT2D eigenvalue weighted by Gasteiger charge is 2.16. The maximum atomic E-state index is 12.8. The molecule has 0 radical (unpaired) electrons. The van der Waals surface area contributed by atoms with Gasteiger partial charge in [-0.25, -0.2) is 18.0 Å². The standard InChI is InChI=1S/C18H14BrN5O2S/c1-23-10-11-24(12-23)18-17(20-15-4-2-3-5-16(15)21-18)22-27(25,26)14-8-6-13(19)7-9-14/h2-12H,1H3. The van der Waals surface area contributed by atoms with Gasteiger partial charge in [-0.1, -0.05) is 34.1 Å². The van der Waals surface area contributed by atoms with Gasteiger partial charge in [-0.3, -0.25) is 0 Å². The lowest BCUT2D eigenvalue weighted by Crippen LogP contribution is -2.23. The molecule has 7 nitrogen and oxygen atoms in total. The summed E-state index contributed by atoms with van der Waals surface area (Å²) in [7, 11) is -2.08. The molecule has 0 amide bonds. The van der Waals surface area contributed by atoms with Crippen molar-refractivity contribution in [3.8, 4) is 5.82 Å². The number of fused-ring (bicyclic) bond motifs is 1. The first-order valence-electron chi connectivity index (χ1n) is 7.96. The lowest BCUT2D eigenvalue weighted by Gasteiger charge is -2.18. The second kappa shape index (κ2) is 6.75. The van der Waals surface area contributed by atoms with Crippen molar-refractivity contribution < 1.29 is 13.0 Å². The summed E-state index contributed by atoms with van der Waals surface area (Å²) in [6, 6.07) is 13.6. The number of rotatable bonds is 4. The lowest BCUT2D eigenvalue weighted by atomic mass is 10.3. The molecule has 0 aliphatic rings. The normalized spacial score (nSPS) is 11.6. The van der Waals surface area contributed by atoms with E-state index in [1.54, 1.807) is 35.3 Å². The van der Waals surface area contributed by atoms with Crippen LogP contribution in [0.15, 0.2) is 76.6 Å². The Labute approximate surface area is 164 Å². The van der Waals surface area contributed by atoms with E-state index in [4.69, 9.17) is 0 Å². The molecule has 0 saturated heterocycles. The van der Waals surface area contributed by atoms with Crippen molar-refractivity contribution in [1.29, 1.82) is 0 Å². The maximum absolute atomic E-state index is 12.8. The molecule has 136 valence electrons. The summed E-state index contributed by atoms with van der Waals surface area (Å²) in [5, 5.41) is 0. The van der Waals surface area contributed by atoms with Gasteiger partial charge in [0.1, 0.15) is 12.4 Å². The van der Waals surface area contributed by atoms with E-state index in [9.17, 15) is 8.42 Å². The van der Waals surface area contributed by atoms with E-state index in [2.05, 4.69) is 30.6 Å². The summed E-state index contributed by atoms with van der Waals surface area (Å²) in [6.07, 6.45) is 5.36. The Bertz CT molecular complexity index is 1240. The van der Waals surface area contributed by atoms with Crippen molar-refractivity contribution in [2.75, 3.05) is 0 Å². The van der Waals surface area contributed by atoms with Crippen molar-refractivity contribution in [1.82, 2.24) is 14.5 Å². The molecule has 27 heavy (non-hydrogen) atoms. The number of imidazole rings is 1. The van der Waals surface area contributed by atoms with E-state index in [-0.39, 0.29) is 10.7 Å². The summed E-state index contributed by atoms with van der Waals surface area (Å²) < 4.78 is 33.8. The van der Waals surface area contributed by atoms with Gasteiger partial charge >= 0.3 is 0 Å². The molecule has 0 atom stereocenters. The van der Waals surface area contributed by atoms with Crippen LogP contribution in [0.4, 0.5) is 5.82 Å². The van der Waals surface area contributed by atoms with Crippen LogP contribution < -0.4 is 4.57 Å². The molecule has 0 aliphatic heterocycles. The van der Waals surface area contributed by atoms with Crippen molar-refractivity contribution in [3.63, 3.8) is 0 Å². The zero-order valence-corrected chi connectivity index (χ0v) is 16.6. The molecule has 0 bridgehead atoms. The van der Waals surface area contributed by atoms with Crippen LogP contribution in [0.2, 0.25) is 0 Å². The number of halogens is 1. The first-order chi connectivity index (χ1) is 12.9. The molecule has 0 fully saturated rings. The molecule has 4 rings (SSSR count). The van der Waals surface area contributed by atoms with Gasteiger partial charge in [-0.05, 0) is 35.8 Å². The minimum atomic E-state index is -3.94. The van der Waals surface area contributed by atoms with E-state index in [1.807, 2.05) is 36.0 Å². The highest BCUT2D eigenvalue weighted by atomic mass is 79.9. The Balaban J connectivity index is 1.85. The molecule has 0 saturated carbocycles. The minimum Gasteiger partial charge on any atom is -0.429 e. The van der Waals surface area contributed by atoms with Crippen LogP contribution in [-0.2, 0) is 17.1 Å². The van der Waals surface area contributed by atoms with Gasteiger partial charge in [-0.2, -0.15) is 4.57 Å². The van der Waals surface area contributed by atoms with Crippen molar-refractivity contribution in [2.45, 2.75) is 4.90 Å². The highest BCUT2D eigenvalue weighted by molar-refractivity contribution is 9.10. The topological polar surface area (TPSA) is 82.8 Å². The average molecular weight is 444 g/mol. The van der Waals surface area contributed by atoms with E-state index >= 15 is 0 Å². The van der Waals surface area contributed by atoms with Crippen molar-refractivity contribution >= 4 is 42.8 Å². The lowest BCUT2D eigenvalue weighted by molar-refractivity contribution is -0.670. The largest absolute Gasteiger partial charge is 0.429 e. The molecular formula is C18H14BrN5O2S. The smallest absolute Gasteiger partial charge is 0.250 e. The zero-order chi connectivity index (χ0) is 19.0. The zero-order valence-electron chi connectivity index (χ0n) is 14.2. The van der Waals surface area contributed by atoms with Gasteiger partial charge in [-0.15, -0.1) is 0 Å². The number of nitrogens with zero attached hydrogens (tertiary/aromatic N) is 5. The number of benzene rings is 2. The van der Waals surface area contributed by atoms with Crippen LogP contribution in [-0.4, -0.2) is 23.0 Å². The van der Waals surface area contributed by atoms with Gasteiger partial charge in [0, 0.05) is 10.3 Å². The summed E-state index contributed by atoms with van der Waals surface area (Å²) in [5.74, 6) is 0.378. The molecule has 2 aromatic carbocycles. The molecule has 0 N–H and O–H groups in total. The Morgan fingerprint density at radius 2 is 1.70 bits per heavy atom. The Morgan fingerprint density at radius 3 is 2.33 bits per heavy atom. The molecule has 2 aromatic heterocycles. The monoisotopic (exact) mass is 443 g/mol. The Hall–Kier alpha value is -2.78. The highest BCUT2D eigenvalue weighted by Crippen LogP contribution is 2.32. The van der Waals surface area contributed by atoms with Crippen LogP contribution in [0.5, 0.6) is 0 Å². The van der Waals surface area contributed by atoms with Gasteiger partial charge in [0.2, 0.25) is 22.2 Å². The van der Waals surface area contributed by atoms with Gasteiger partial charge in [0.25, 0.3) is 0 Å². The number of sulfonamides is 1. The quantitative estimate of drug-likeness (QED) is 0.452. The molecule has 0 spiro atoms. The van der Waals surface area contributed by atoms with Gasteiger partial charge in [0.05, 0.1) is 17.5 Å². The van der Waals surface area contributed by atoms with Crippen molar-refractivity contribution in [2.24, 2.45) is 7.05 Å². The third-order valence-electron chi connectivity index (χ3n) is 3.87. The molecular weight excluding hydrogens is 430 g/mol. The number of hydrogen-bond acceptors (Lipinski definition) is 4. The fraction of sp³-hybridized carbons (Fsp3) is 0.0556. The summed E-state index contributed by atoms with van der Waals surface area (Å²) in [5.41, 5.74) is 1.23. The molecule has 2 heterocycles. The van der Waals surface area contributed by atoms with E-state index < -0.39 is 10.0 Å². The fourth-order valence-corrected chi connectivity index (χ4v) is 3.76. The first-order valence-corrected chi connectivity index (χ1v) is 10.2. The molecule has 0 aliphatic carbocycles. The summed E-state index contributed by atoms with van der Waals surface area (Å²) in [6.45, 7) is 0. The van der Waals surface area contributed by atoms with E-state index in [0.717, 1.165) is 4.47 Å². The average Bonchev–Trinajstić information content (AvgIpc) is 3.07. The second-order valence-corrected chi connectivity index (χ2v) is 8.39. The first kappa shape index (κ1) is 17.6. The number of aryl methyl sites for hydroxylation is 1. The molecule has 9 heteroatoms. The van der Waals surface area contributed by atoms with Gasteiger partial charge in [0.15, 0.2) is 0 Å². The SMILES string of the molecule is C[n+]1ccn(-c2nc3ccccc3nc2[N-]S(=O)(=O)c2ccc(Br)cc2)c1. The molecule has 4 aromatic rings. The predicted molar refractivity (Wildman–Crippen MR) is 104 cm³/mol. The van der Waals surface area contributed by atoms with Crippen LogP contribution in [0, 0.1) is 0 Å². The van der Waals surface area contributed by atoms with Gasteiger partial charge < -0.3 is 9.71 Å². The third kappa shape index (κ3) is 3.56. The third-order valence-corrected chi connectivity index (χ3v) is 5.68.